The Kier molecular flexibility index (Phi) is 6.48. The highest BCUT2D eigenvalue weighted by Crippen LogP contribution is 2.31. The van der Waals surface area contributed by atoms with Gasteiger partial charge in [-0.15, -0.1) is 0 Å². The third kappa shape index (κ3) is 5.32. The Labute approximate surface area is 226 Å². The van der Waals surface area contributed by atoms with Crippen molar-refractivity contribution in [3.8, 4) is 23.1 Å². The highest BCUT2D eigenvalue weighted by Gasteiger charge is 2.37. The lowest BCUT2D eigenvalue weighted by atomic mass is 9.91. The molecule has 12 heteroatoms. The average molecular weight is 533 g/mol. The molecule has 12 nitrogen and oxygen atoms in total. The number of hydrogen-bond donors (Lipinski definition) is 1. The van der Waals surface area contributed by atoms with Crippen molar-refractivity contribution in [2.24, 2.45) is 0 Å². The number of nitriles is 1. The van der Waals surface area contributed by atoms with E-state index in [1.165, 1.54) is 12.6 Å². The molecule has 204 valence electrons. The molecule has 4 saturated heterocycles. The molecule has 3 aromatic heterocycles. The van der Waals surface area contributed by atoms with Gasteiger partial charge in [-0.25, -0.2) is 14.3 Å². The molecule has 2 unspecified atom stereocenters. The number of hydrogen-bond acceptors (Lipinski definition) is 10. The first-order valence-corrected chi connectivity index (χ1v) is 13.2. The third-order valence-corrected chi connectivity index (χ3v) is 7.09. The van der Waals surface area contributed by atoms with Crippen molar-refractivity contribution in [3.63, 3.8) is 0 Å². The number of fused-ring (bicyclic) bond motifs is 3. The van der Waals surface area contributed by atoms with Crippen LogP contribution in [0, 0.1) is 11.3 Å². The van der Waals surface area contributed by atoms with Gasteiger partial charge in [0.15, 0.2) is 0 Å². The molecule has 0 aliphatic carbocycles. The molecular weight excluding hydrogens is 500 g/mol. The maximum absolute atomic E-state index is 12.5. The molecule has 3 atom stereocenters. The van der Waals surface area contributed by atoms with E-state index in [1.807, 2.05) is 26.8 Å². The smallest absolute Gasteiger partial charge is 0.410 e. The van der Waals surface area contributed by atoms with E-state index >= 15 is 0 Å². The summed E-state index contributed by atoms with van der Waals surface area (Å²) in [6.45, 7) is 8.85. The summed E-state index contributed by atoms with van der Waals surface area (Å²) in [5, 5.41) is 17.6. The summed E-state index contributed by atoms with van der Waals surface area (Å²) >= 11 is 0. The first kappa shape index (κ1) is 25.3. The third-order valence-electron chi connectivity index (χ3n) is 7.09. The van der Waals surface area contributed by atoms with Gasteiger partial charge in [-0.3, -0.25) is 4.98 Å². The van der Waals surface area contributed by atoms with E-state index in [0.29, 0.717) is 59.9 Å². The molecule has 4 fully saturated rings. The molecule has 0 spiro atoms. The fourth-order valence-electron chi connectivity index (χ4n) is 5.28. The van der Waals surface area contributed by atoms with E-state index in [0.717, 1.165) is 18.9 Å². The Hall–Kier alpha value is -3.95. The second kappa shape index (κ2) is 9.98. The van der Waals surface area contributed by atoms with Crippen LogP contribution in [-0.2, 0) is 9.47 Å². The fourth-order valence-corrected chi connectivity index (χ4v) is 5.28. The number of pyridine rings is 1. The number of carbonyl (C=O) groups is 1. The van der Waals surface area contributed by atoms with E-state index in [2.05, 4.69) is 21.4 Å². The van der Waals surface area contributed by atoms with Gasteiger partial charge >= 0.3 is 6.09 Å². The average Bonchev–Trinajstić information content (AvgIpc) is 3.34. The molecule has 1 amide bonds. The number of nitrogens with zero attached hydrogens (tertiary/aromatic N) is 7. The lowest BCUT2D eigenvalue weighted by Gasteiger charge is -2.48. The lowest BCUT2D eigenvalue weighted by Crippen LogP contribution is -2.67. The molecule has 4 aliphatic heterocycles. The molecule has 2 bridgehead atoms. The predicted molar refractivity (Wildman–Crippen MR) is 142 cm³/mol. The summed E-state index contributed by atoms with van der Waals surface area (Å²) in [6, 6.07) is 5.10. The Morgan fingerprint density at radius 2 is 2.00 bits per heavy atom. The topological polar surface area (TPSA) is 130 Å². The lowest BCUT2D eigenvalue weighted by molar-refractivity contribution is -0.0557. The van der Waals surface area contributed by atoms with Crippen LogP contribution in [0.25, 0.3) is 16.8 Å². The Morgan fingerprint density at radius 1 is 1.21 bits per heavy atom. The molecule has 7 rings (SSSR count). The van der Waals surface area contributed by atoms with Gasteiger partial charge in [-0.2, -0.15) is 10.4 Å². The highest BCUT2D eigenvalue weighted by atomic mass is 16.6. The van der Waals surface area contributed by atoms with Gasteiger partial charge < -0.3 is 29.3 Å². The zero-order chi connectivity index (χ0) is 27.1. The van der Waals surface area contributed by atoms with Crippen molar-refractivity contribution in [2.75, 3.05) is 44.3 Å². The van der Waals surface area contributed by atoms with E-state index in [1.54, 1.807) is 28.0 Å². The monoisotopic (exact) mass is 532 g/mol. The van der Waals surface area contributed by atoms with Crippen molar-refractivity contribution in [3.05, 3.63) is 36.4 Å². The van der Waals surface area contributed by atoms with E-state index in [9.17, 15) is 10.1 Å². The minimum atomic E-state index is -0.564. The number of amides is 1. The molecule has 4 aliphatic rings. The van der Waals surface area contributed by atoms with Crippen LogP contribution in [0.2, 0.25) is 0 Å². The maximum atomic E-state index is 12.5. The SMILES string of the molecule is CC(C)(C)OC(=O)N1CCO[C@@H](COc2cc(-c3cnc(N4CC5CC(C4)N5)cn3)c3c(C#N)cnn3c2)C1. The molecule has 39 heavy (non-hydrogen) atoms. The summed E-state index contributed by atoms with van der Waals surface area (Å²) in [7, 11) is 0. The number of nitrogens with one attached hydrogen (secondary N) is 1. The molecular formula is C27H32N8O4. The fraction of sp³-hybridized carbons (Fsp3) is 0.519. The number of carbonyl (C=O) groups excluding carboxylic acids is 1. The van der Waals surface area contributed by atoms with Gasteiger partial charge in [0.1, 0.15) is 35.9 Å². The molecule has 0 saturated carbocycles. The maximum Gasteiger partial charge on any atom is 0.410 e. The number of rotatable bonds is 5. The first-order chi connectivity index (χ1) is 18.8. The Morgan fingerprint density at radius 3 is 2.69 bits per heavy atom. The normalized spacial score (nSPS) is 22.8. The van der Waals surface area contributed by atoms with Crippen molar-refractivity contribution in [1.82, 2.24) is 29.8 Å². The molecule has 0 aromatic carbocycles. The van der Waals surface area contributed by atoms with Crippen molar-refractivity contribution >= 4 is 17.4 Å². The number of aromatic nitrogens is 4. The van der Waals surface area contributed by atoms with Gasteiger partial charge in [0.2, 0.25) is 0 Å². The predicted octanol–water partition coefficient (Wildman–Crippen LogP) is 2.23. The minimum Gasteiger partial charge on any atom is -0.489 e. The van der Waals surface area contributed by atoms with Crippen LogP contribution in [0.15, 0.2) is 30.9 Å². The molecule has 3 aromatic rings. The summed E-state index contributed by atoms with van der Waals surface area (Å²) in [6.07, 6.45) is 7.31. The van der Waals surface area contributed by atoms with Crippen LogP contribution < -0.4 is 15.0 Å². The number of anilines is 1. The van der Waals surface area contributed by atoms with Crippen LogP contribution in [0.1, 0.15) is 32.8 Å². The van der Waals surface area contributed by atoms with E-state index in [4.69, 9.17) is 24.2 Å². The molecule has 1 N–H and O–H groups in total. The van der Waals surface area contributed by atoms with Crippen LogP contribution >= 0.6 is 0 Å². The largest absolute Gasteiger partial charge is 0.489 e. The molecule has 7 heterocycles. The standard InChI is InChI=1S/C27H32N8O4/c1-27(2,3)39-26(36)33-4-5-37-21(14-33)16-38-20-7-22(25-17(8-28)9-31-35(25)15-20)23-10-30-24(11-29-23)34-12-18-6-19(13-34)32-18/h7,9-11,15,18-19,21,32H,4-6,12-14,16H2,1-3H3/t18?,19?,21-/m1/s1. The van der Waals surface area contributed by atoms with E-state index in [-0.39, 0.29) is 18.8 Å². The summed E-state index contributed by atoms with van der Waals surface area (Å²) in [5.74, 6) is 1.38. The second-order valence-electron chi connectivity index (χ2n) is 11.2. The van der Waals surface area contributed by atoms with Crippen molar-refractivity contribution < 1.29 is 19.0 Å². The quantitative estimate of drug-likeness (QED) is 0.522. The van der Waals surface area contributed by atoms with Gasteiger partial charge in [0.05, 0.1) is 54.7 Å². The number of piperazine rings is 1. The number of piperidine rings is 1. The first-order valence-electron chi connectivity index (χ1n) is 13.2. The van der Waals surface area contributed by atoms with Crippen molar-refractivity contribution in [1.29, 1.82) is 5.26 Å². The zero-order valence-electron chi connectivity index (χ0n) is 22.3. The summed E-state index contributed by atoms with van der Waals surface area (Å²) in [5.41, 5.74) is 1.83. The van der Waals surface area contributed by atoms with Crippen LogP contribution in [0.4, 0.5) is 10.6 Å². The van der Waals surface area contributed by atoms with Crippen molar-refractivity contribution in [2.45, 2.75) is 51.0 Å². The van der Waals surface area contributed by atoms with Crippen LogP contribution in [0.5, 0.6) is 5.75 Å². The summed E-state index contributed by atoms with van der Waals surface area (Å²) < 4.78 is 19.1. The zero-order valence-corrected chi connectivity index (χ0v) is 22.3. The van der Waals surface area contributed by atoms with E-state index < -0.39 is 5.60 Å². The Bertz CT molecular complexity index is 1390. The Balaban J connectivity index is 1.20. The highest BCUT2D eigenvalue weighted by molar-refractivity contribution is 5.83. The summed E-state index contributed by atoms with van der Waals surface area (Å²) in [4.78, 5) is 25.8. The van der Waals surface area contributed by atoms with Gasteiger partial charge in [-0.05, 0) is 33.3 Å². The van der Waals surface area contributed by atoms with Gasteiger partial charge in [0.25, 0.3) is 0 Å². The van der Waals surface area contributed by atoms with Gasteiger partial charge in [-0.1, -0.05) is 0 Å². The van der Waals surface area contributed by atoms with Gasteiger partial charge in [0, 0.05) is 37.3 Å². The molecule has 0 radical (unpaired) electrons. The number of morpholine rings is 1. The second-order valence-corrected chi connectivity index (χ2v) is 11.2. The van der Waals surface area contributed by atoms with Crippen LogP contribution in [0.3, 0.4) is 0 Å². The minimum absolute atomic E-state index is 0.229. The van der Waals surface area contributed by atoms with Crippen LogP contribution in [-0.4, -0.2) is 93.8 Å². The number of ether oxygens (including phenoxy) is 3.